The van der Waals surface area contributed by atoms with Gasteiger partial charge in [-0.05, 0) is 18.2 Å². The van der Waals surface area contributed by atoms with E-state index in [-0.39, 0.29) is 22.9 Å². The Bertz CT molecular complexity index is 647. The summed E-state index contributed by atoms with van der Waals surface area (Å²) in [5.41, 5.74) is 10.5. The van der Waals surface area contributed by atoms with E-state index in [0.717, 1.165) is 12.3 Å². The number of primary amides is 1. The molecule has 0 radical (unpaired) electrons. The Kier molecular flexibility index (Phi) is 3.28. The minimum absolute atomic E-state index is 0.0564. The van der Waals surface area contributed by atoms with E-state index in [0.29, 0.717) is 0 Å². The molecule has 2 rings (SSSR count). The van der Waals surface area contributed by atoms with Crippen LogP contribution in [0.15, 0.2) is 30.5 Å². The first kappa shape index (κ1) is 12.7. The van der Waals surface area contributed by atoms with Crippen LogP contribution in [-0.4, -0.2) is 10.9 Å². The molecule has 0 aliphatic heterocycles. The standard InChI is InChI=1S/C12H9F2N3O2/c13-7-2-1-3-8(11(7)14)19-9-5-17-10(15)4-6(9)12(16)18/h1-5H,(H2,15,17)(H2,16,18). The highest BCUT2D eigenvalue weighted by molar-refractivity contribution is 5.96. The van der Waals surface area contributed by atoms with Gasteiger partial charge in [0.2, 0.25) is 5.82 Å². The van der Waals surface area contributed by atoms with Gasteiger partial charge in [0.15, 0.2) is 17.3 Å². The number of nitrogens with zero attached hydrogens (tertiary/aromatic N) is 1. The number of carbonyl (C=O) groups excluding carboxylic acids is 1. The molecule has 0 saturated carbocycles. The van der Waals surface area contributed by atoms with Crippen LogP contribution in [0.2, 0.25) is 0 Å². The summed E-state index contributed by atoms with van der Waals surface area (Å²) in [5.74, 6) is -3.49. The van der Waals surface area contributed by atoms with Crippen LogP contribution < -0.4 is 16.2 Å². The molecule has 5 nitrogen and oxygen atoms in total. The van der Waals surface area contributed by atoms with E-state index >= 15 is 0 Å². The highest BCUT2D eigenvalue weighted by atomic mass is 19.2. The Labute approximate surface area is 106 Å². The molecule has 2 aromatic rings. The van der Waals surface area contributed by atoms with Gasteiger partial charge in [0, 0.05) is 0 Å². The molecule has 0 atom stereocenters. The van der Waals surface area contributed by atoms with E-state index in [1.165, 1.54) is 18.2 Å². The molecule has 1 amide bonds. The quantitative estimate of drug-likeness (QED) is 0.885. The first-order valence-corrected chi connectivity index (χ1v) is 5.16. The molecule has 7 heteroatoms. The lowest BCUT2D eigenvalue weighted by Gasteiger charge is -2.10. The first-order valence-electron chi connectivity index (χ1n) is 5.16. The third kappa shape index (κ3) is 2.59. The van der Waals surface area contributed by atoms with Gasteiger partial charge in [-0.25, -0.2) is 9.37 Å². The van der Waals surface area contributed by atoms with Gasteiger partial charge in [-0.3, -0.25) is 4.79 Å². The number of rotatable bonds is 3. The molecule has 0 aliphatic rings. The fraction of sp³-hybridized carbons (Fsp3) is 0. The van der Waals surface area contributed by atoms with Crippen molar-refractivity contribution in [2.75, 3.05) is 5.73 Å². The molecule has 1 heterocycles. The van der Waals surface area contributed by atoms with Crippen molar-refractivity contribution in [2.45, 2.75) is 0 Å². The summed E-state index contributed by atoms with van der Waals surface area (Å²) in [7, 11) is 0. The monoisotopic (exact) mass is 265 g/mol. The molecule has 19 heavy (non-hydrogen) atoms. The van der Waals surface area contributed by atoms with E-state index in [4.69, 9.17) is 16.2 Å². The number of aromatic nitrogens is 1. The van der Waals surface area contributed by atoms with Crippen molar-refractivity contribution in [1.82, 2.24) is 4.98 Å². The average molecular weight is 265 g/mol. The average Bonchev–Trinajstić information content (AvgIpc) is 2.36. The lowest BCUT2D eigenvalue weighted by molar-refractivity contribution is 0.0998. The number of benzene rings is 1. The van der Waals surface area contributed by atoms with Crippen molar-refractivity contribution in [2.24, 2.45) is 5.73 Å². The fourth-order valence-electron chi connectivity index (χ4n) is 1.41. The van der Waals surface area contributed by atoms with Gasteiger partial charge < -0.3 is 16.2 Å². The highest BCUT2D eigenvalue weighted by Gasteiger charge is 2.15. The maximum absolute atomic E-state index is 13.4. The van der Waals surface area contributed by atoms with Crippen molar-refractivity contribution >= 4 is 11.7 Å². The number of anilines is 1. The molecular weight excluding hydrogens is 256 g/mol. The summed E-state index contributed by atoms with van der Waals surface area (Å²) in [4.78, 5) is 14.9. The Hall–Kier alpha value is -2.70. The zero-order chi connectivity index (χ0) is 14.0. The molecule has 98 valence electrons. The second-order valence-electron chi connectivity index (χ2n) is 3.62. The topological polar surface area (TPSA) is 91.2 Å². The minimum Gasteiger partial charge on any atom is -0.452 e. The maximum Gasteiger partial charge on any atom is 0.252 e. The molecule has 0 fully saturated rings. The molecule has 0 aliphatic carbocycles. The van der Waals surface area contributed by atoms with Gasteiger partial charge in [-0.1, -0.05) is 6.07 Å². The van der Waals surface area contributed by atoms with Crippen LogP contribution in [-0.2, 0) is 0 Å². The lowest BCUT2D eigenvalue weighted by Crippen LogP contribution is -2.13. The zero-order valence-corrected chi connectivity index (χ0v) is 9.56. The van der Waals surface area contributed by atoms with Gasteiger partial charge in [0.05, 0.1) is 11.8 Å². The third-order valence-corrected chi connectivity index (χ3v) is 2.29. The summed E-state index contributed by atoms with van der Waals surface area (Å²) in [6.45, 7) is 0. The SMILES string of the molecule is NC(=O)c1cc(N)ncc1Oc1cccc(F)c1F. The van der Waals surface area contributed by atoms with E-state index in [9.17, 15) is 13.6 Å². The van der Waals surface area contributed by atoms with Crippen LogP contribution in [0, 0.1) is 11.6 Å². The normalized spacial score (nSPS) is 10.2. The molecule has 1 aromatic heterocycles. The molecule has 1 aromatic carbocycles. The number of halogens is 2. The van der Waals surface area contributed by atoms with Gasteiger partial charge in [0.25, 0.3) is 5.91 Å². The Morgan fingerprint density at radius 2 is 2.00 bits per heavy atom. The van der Waals surface area contributed by atoms with E-state index in [2.05, 4.69) is 4.98 Å². The molecule has 0 bridgehead atoms. The van der Waals surface area contributed by atoms with Crippen molar-refractivity contribution in [3.05, 3.63) is 47.7 Å². The predicted octanol–water partition coefficient (Wildman–Crippen LogP) is 1.83. The number of hydrogen-bond acceptors (Lipinski definition) is 4. The molecule has 0 unspecified atom stereocenters. The van der Waals surface area contributed by atoms with Crippen LogP contribution in [0.3, 0.4) is 0 Å². The van der Waals surface area contributed by atoms with Gasteiger partial charge >= 0.3 is 0 Å². The van der Waals surface area contributed by atoms with E-state index < -0.39 is 17.5 Å². The highest BCUT2D eigenvalue weighted by Crippen LogP contribution is 2.28. The van der Waals surface area contributed by atoms with Gasteiger partial charge in [-0.15, -0.1) is 0 Å². The Morgan fingerprint density at radius 3 is 2.68 bits per heavy atom. The number of nitrogen functional groups attached to an aromatic ring is 1. The number of carbonyl (C=O) groups is 1. The molecule has 0 saturated heterocycles. The lowest BCUT2D eigenvalue weighted by atomic mass is 10.2. The van der Waals surface area contributed by atoms with Gasteiger partial charge in [0.1, 0.15) is 5.82 Å². The second kappa shape index (κ2) is 4.89. The summed E-state index contributed by atoms with van der Waals surface area (Å²) in [6, 6.07) is 4.61. The van der Waals surface area contributed by atoms with Crippen LogP contribution in [0.4, 0.5) is 14.6 Å². The smallest absolute Gasteiger partial charge is 0.252 e. The zero-order valence-electron chi connectivity index (χ0n) is 9.56. The number of ether oxygens (including phenoxy) is 1. The minimum atomic E-state index is -1.17. The van der Waals surface area contributed by atoms with Crippen LogP contribution in [0.5, 0.6) is 11.5 Å². The molecule has 4 N–H and O–H groups in total. The summed E-state index contributed by atoms with van der Waals surface area (Å²) >= 11 is 0. The van der Waals surface area contributed by atoms with E-state index in [1.807, 2.05) is 0 Å². The fourth-order valence-corrected chi connectivity index (χ4v) is 1.41. The summed E-state index contributed by atoms with van der Waals surface area (Å²) in [6.07, 6.45) is 1.11. The van der Waals surface area contributed by atoms with Crippen molar-refractivity contribution in [3.8, 4) is 11.5 Å². The molecule has 0 spiro atoms. The van der Waals surface area contributed by atoms with Crippen LogP contribution in [0.1, 0.15) is 10.4 Å². The second-order valence-corrected chi connectivity index (χ2v) is 3.62. The Balaban J connectivity index is 2.44. The largest absolute Gasteiger partial charge is 0.452 e. The number of amides is 1. The molecular formula is C12H9F2N3O2. The number of nitrogens with two attached hydrogens (primary N) is 2. The third-order valence-electron chi connectivity index (χ3n) is 2.29. The predicted molar refractivity (Wildman–Crippen MR) is 63.6 cm³/mol. The van der Waals surface area contributed by atoms with Crippen molar-refractivity contribution in [3.63, 3.8) is 0 Å². The van der Waals surface area contributed by atoms with Gasteiger partial charge in [-0.2, -0.15) is 4.39 Å². The van der Waals surface area contributed by atoms with Crippen LogP contribution >= 0.6 is 0 Å². The summed E-state index contributed by atoms with van der Waals surface area (Å²) < 4.78 is 31.6. The van der Waals surface area contributed by atoms with E-state index in [1.54, 1.807) is 0 Å². The van der Waals surface area contributed by atoms with Crippen LogP contribution in [0.25, 0.3) is 0 Å². The maximum atomic E-state index is 13.4. The summed E-state index contributed by atoms with van der Waals surface area (Å²) in [5, 5.41) is 0. The Morgan fingerprint density at radius 1 is 1.26 bits per heavy atom. The van der Waals surface area contributed by atoms with Crippen molar-refractivity contribution in [1.29, 1.82) is 0 Å². The number of pyridine rings is 1. The number of hydrogen-bond donors (Lipinski definition) is 2. The first-order chi connectivity index (χ1) is 8.99. The van der Waals surface area contributed by atoms with Crippen molar-refractivity contribution < 1.29 is 18.3 Å².